The molecule has 0 bridgehead atoms. The fraction of sp³-hybridized carbons (Fsp3) is 0.286. The summed E-state index contributed by atoms with van der Waals surface area (Å²) in [5.74, 6) is -0.101. The minimum absolute atomic E-state index is 0.0408. The molecule has 0 radical (unpaired) electrons. The SMILES string of the molecule is COc1ccc(S(=O)(=O)CCc2noc(C(=O)NCCCc3ccccc3)n2)cc1. The Hall–Kier alpha value is -3.20. The van der Waals surface area contributed by atoms with Crippen molar-refractivity contribution < 1.29 is 22.5 Å². The van der Waals surface area contributed by atoms with Crippen molar-refractivity contribution in [2.24, 2.45) is 0 Å². The molecular formula is C21H23N3O5S. The summed E-state index contributed by atoms with van der Waals surface area (Å²) >= 11 is 0. The average molecular weight is 429 g/mol. The van der Waals surface area contributed by atoms with Crippen molar-refractivity contribution >= 4 is 15.7 Å². The van der Waals surface area contributed by atoms with E-state index in [0.717, 1.165) is 12.8 Å². The Morgan fingerprint density at radius 1 is 1.07 bits per heavy atom. The lowest BCUT2D eigenvalue weighted by Crippen LogP contribution is -2.25. The van der Waals surface area contributed by atoms with Crippen molar-refractivity contribution in [1.29, 1.82) is 0 Å². The number of methoxy groups -OCH3 is 1. The second-order valence-electron chi connectivity index (χ2n) is 6.61. The minimum atomic E-state index is -3.52. The van der Waals surface area contributed by atoms with Gasteiger partial charge < -0.3 is 14.6 Å². The summed E-state index contributed by atoms with van der Waals surface area (Å²) in [5, 5.41) is 6.43. The van der Waals surface area contributed by atoms with Gasteiger partial charge in [0.25, 0.3) is 0 Å². The summed E-state index contributed by atoms with van der Waals surface area (Å²) in [7, 11) is -2.01. The van der Waals surface area contributed by atoms with E-state index in [0.29, 0.717) is 12.3 Å². The lowest BCUT2D eigenvalue weighted by molar-refractivity contribution is 0.0909. The number of carbonyl (C=O) groups is 1. The summed E-state index contributed by atoms with van der Waals surface area (Å²) in [5.41, 5.74) is 1.20. The van der Waals surface area contributed by atoms with E-state index in [1.807, 2.05) is 30.3 Å². The number of amides is 1. The third-order valence-electron chi connectivity index (χ3n) is 4.45. The molecular weight excluding hydrogens is 406 g/mol. The predicted octanol–water partition coefficient (Wildman–Crippen LogP) is 2.46. The molecule has 0 unspecified atom stereocenters. The van der Waals surface area contributed by atoms with Gasteiger partial charge in [-0.1, -0.05) is 35.5 Å². The van der Waals surface area contributed by atoms with E-state index < -0.39 is 15.7 Å². The summed E-state index contributed by atoms with van der Waals surface area (Å²) in [6.45, 7) is 0.470. The van der Waals surface area contributed by atoms with Gasteiger partial charge in [-0.15, -0.1) is 0 Å². The van der Waals surface area contributed by atoms with Gasteiger partial charge in [0.1, 0.15) is 5.75 Å². The van der Waals surface area contributed by atoms with Crippen molar-refractivity contribution in [3.8, 4) is 5.75 Å². The van der Waals surface area contributed by atoms with E-state index in [2.05, 4.69) is 15.5 Å². The van der Waals surface area contributed by atoms with Crippen molar-refractivity contribution in [2.45, 2.75) is 24.2 Å². The smallest absolute Gasteiger partial charge is 0.315 e. The molecule has 9 heteroatoms. The van der Waals surface area contributed by atoms with Gasteiger partial charge in [0.05, 0.1) is 17.8 Å². The summed E-state index contributed by atoms with van der Waals surface area (Å²) in [4.78, 5) is 16.3. The molecule has 158 valence electrons. The molecule has 0 aliphatic carbocycles. The van der Waals surface area contributed by atoms with Crippen molar-refractivity contribution in [3.05, 3.63) is 71.9 Å². The fourth-order valence-corrected chi connectivity index (χ4v) is 4.03. The first-order chi connectivity index (χ1) is 14.5. The minimum Gasteiger partial charge on any atom is -0.497 e. The van der Waals surface area contributed by atoms with E-state index in [9.17, 15) is 13.2 Å². The van der Waals surface area contributed by atoms with E-state index in [1.54, 1.807) is 12.1 Å². The Labute approximate surface area is 175 Å². The summed E-state index contributed by atoms with van der Waals surface area (Å²) in [6.07, 6.45) is 1.66. The second-order valence-corrected chi connectivity index (χ2v) is 8.71. The van der Waals surface area contributed by atoms with E-state index in [4.69, 9.17) is 9.26 Å². The standard InChI is InChI=1S/C21H23N3O5S/c1-28-17-9-11-18(12-10-17)30(26,27)15-13-19-23-21(29-24-19)20(25)22-14-5-8-16-6-3-2-4-7-16/h2-4,6-7,9-12H,5,8,13-15H2,1H3,(H,22,25). The molecule has 1 N–H and O–H groups in total. The Balaban J connectivity index is 1.47. The van der Waals surface area contributed by atoms with Crippen LogP contribution in [0.4, 0.5) is 0 Å². The number of carbonyl (C=O) groups excluding carboxylic acids is 1. The molecule has 1 heterocycles. The molecule has 0 aliphatic rings. The highest BCUT2D eigenvalue weighted by molar-refractivity contribution is 7.91. The highest BCUT2D eigenvalue weighted by atomic mass is 32.2. The van der Waals surface area contributed by atoms with Gasteiger partial charge in [0.15, 0.2) is 15.7 Å². The Kier molecular flexibility index (Phi) is 7.18. The highest BCUT2D eigenvalue weighted by Gasteiger charge is 2.19. The van der Waals surface area contributed by atoms with Crippen LogP contribution in [0.1, 0.15) is 28.5 Å². The van der Waals surface area contributed by atoms with Gasteiger partial charge in [-0.25, -0.2) is 8.42 Å². The first-order valence-electron chi connectivity index (χ1n) is 9.49. The average Bonchev–Trinajstić information content (AvgIpc) is 3.25. The molecule has 3 rings (SSSR count). The molecule has 0 fully saturated rings. The third-order valence-corrected chi connectivity index (χ3v) is 6.18. The molecule has 1 aromatic heterocycles. The van der Waals surface area contributed by atoms with Crippen LogP contribution in [0.15, 0.2) is 64.0 Å². The van der Waals surface area contributed by atoms with Gasteiger partial charge in [-0.2, -0.15) is 4.98 Å². The van der Waals surface area contributed by atoms with Crippen LogP contribution in [-0.4, -0.2) is 43.9 Å². The molecule has 3 aromatic rings. The van der Waals surface area contributed by atoms with Crippen molar-refractivity contribution in [2.75, 3.05) is 19.4 Å². The van der Waals surface area contributed by atoms with Crippen molar-refractivity contribution in [3.63, 3.8) is 0 Å². The summed E-state index contributed by atoms with van der Waals surface area (Å²) in [6, 6.07) is 16.1. The van der Waals surface area contributed by atoms with Crippen LogP contribution in [0.5, 0.6) is 5.75 Å². The van der Waals surface area contributed by atoms with Crippen LogP contribution >= 0.6 is 0 Å². The molecule has 0 aliphatic heterocycles. The van der Waals surface area contributed by atoms with Crippen molar-refractivity contribution in [1.82, 2.24) is 15.5 Å². The molecule has 0 atom stereocenters. The number of hydrogen-bond acceptors (Lipinski definition) is 7. The molecule has 30 heavy (non-hydrogen) atoms. The topological polar surface area (TPSA) is 111 Å². The Morgan fingerprint density at radius 3 is 2.50 bits per heavy atom. The molecule has 1 amide bonds. The van der Waals surface area contributed by atoms with E-state index >= 15 is 0 Å². The molecule has 2 aromatic carbocycles. The number of rotatable bonds is 10. The zero-order valence-electron chi connectivity index (χ0n) is 16.6. The first kappa shape index (κ1) is 21.5. The number of hydrogen-bond donors (Lipinski definition) is 1. The number of sulfone groups is 1. The van der Waals surface area contributed by atoms with Gasteiger partial charge in [0.2, 0.25) is 0 Å². The van der Waals surface area contributed by atoms with Gasteiger partial charge in [-0.05, 0) is 42.7 Å². The van der Waals surface area contributed by atoms with Gasteiger partial charge in [0, 0.05) is 13.0 Å². The van der Waals surface area contributed by atoms with Gasteiger partial charge >= 0.3 is 11.8 Å². The zero-order chi connectivity index (χ0) is 21.4. The Morgan fingerprint density at radius 2 is 1.80 bits per heavy atom. The number of aromatic nitrogens is 2. The third kappa shape index (κ3) is 5.90. The number of nitrogens with zero attached hydrogens (tertiary/aromatic N) is 2. The number of benzene rings is 2. The first-order valence-corrected chi connectivity index (χ1v) is 11.1. The van der Waals surface area contributed by atoms with Crippen LogP contribution in [-0.2, 0) is 22.7 Å². The maximum absolute atomic E-state index is 12.4. The lowest BCUT2D eigenvalue weighted by Gasteiger charge is -2.04. The zero-order valence-corrected chi connectivity index (χ0v) is 17.4. The Bertz CT molecular complexity index is 1060. The second kappa shape index (κ2) is 10.0. The quantitative estimate of drug-likeness (QED) is 0.493. The summed E-state index contributed by atoms with van der Waals surface area (Å²) < 4.78 is 34.8. The number of aryl methyl sites for hydroxylation is 2. The number of ether oxygens (including phenoxy) is 1. The number of nitrogens with one attached hydrogen (secondary N) is 1. The molecule has 8 nitrogen and oxygen atoms in total. The maximum atomic E-state index is 12.4. The highest BCUT2D eigenvalue weighted by Crippen LogP contribution is 2.17. The van der Waals surface area contributed by atoms with Crippen LogP contribution in [0.2, 0.25) is 0 Å². The van der Waals surface area contributed by atoms with E-state index in [-0.39, 0.29) is 28.8 Å². The fourth-order valence-electron chi connectivity index (χ4n) is 2.79. The van der Waals surface area contributed by atoms with E-state index in [1.165, 1.54) is 24.8 Å². The lowest BCUT2D eigenvalue weighted by atomic mass is 10.1. The largest absolute Gasteiger partial charge is 0.497 e. The van der Waals surface area contributed by atoms with Gasteiger partial charge in [-0.3, -0.25) is 4.79 Å². The molecule has 0 spiro atoms. The molecule has 0 saturated carbocycles. The normalized spacial score (nSPS) is 11.2. The van der Waals surface area contributed by atoms with Crippen LogP contribution in [0, 0.1) is 0 Å². The monoisotopic (exact) mass is 429 g/mol. The maximum Gasteiger partial charge on any atom is 0.315 e. The van der Waals surface area contributed by atoms with Crippen LogP contribution < -0.4 is 10.1 Å². The molecule has 0 saturated heterocycles. The van der Waals surface area contributed by atoms with Crippen LogP contribution in [0.25, 0.3) is 0 Å². The van der Waals surface area contributed by atoms with Crippen LogP contribution in [0.3, 0.4) is 0 Å². The predicted molar refractivity (Wildman–Crippen MR) is 110 cm³/mol.